The normalized spacial score (nSPS) is 12.5. The molecule has 0 heterocycles. The first-order valence-corrected chi connectivity index (χ1v) is 10.2. The first-order chi connectivity index (χ1) is 13.8. The summed E-state index contributed by atoms with van der Waals surface area (Å²) in [6.07, 6.45) is 1.21. The van der Waals surface area contributed by atoms with E-state index in [4.69, 9.17) is 29.4 Å². The number of hydrogen-bond donors (Lipinski definition) is 1. The molecule has 0 aliphatic rings. The fourth-order valence-corrected chi connectivity index (χ4v) is 2.18. The molecule has 9 heteroatoms. The maximum Gasteiger partial charge on any atom is 0.308 e. The molecule has 0 aromatic heterocycles. The molecule has 0 saturated carbocycles. The molecule has 176 valence electrons. The lowest BCUT2D eigenvalue weighted by Gasteiger charge is -2.29. The van der Waals surface area contributed by atoms with Crippen LogP contribution in [0.5, 0.6) is 0 Å². The molecule has 2 N–H and O–H groups in total. The summed E-state index contributed by atoms with van der Waals surface area (Å²) in [7, 11) is 0. The van der Waals surface area contributed by atoms with E-state index in [0.717, 1.165) is 6.29 Å². The monoisotopic (exact) mass is 433 g/mol. The van der Waals surface area contributed by atoms with Gasteiger partial charge in [-0.25, -0.2) is 0 Å². The molecule has 9 nitrogen and oxygen atoms in total. The number of carbonyl (C=O) groups excluding carboxylic acids is 3. The third-order valence-electron chi connectivity index (χ3n) is 3.29. The van der Waals surface area contributed by atoms with Crippen LogP contribution in [0.2, 0.25) is 0 Å². The van der Waals surface area contributed by atoms with Gasteiger partial charge in [-0.15, -0.1) is 0 Å². The summed E-state index contributed by atoms with van der Waals surface area (Å²) in [5, 5.41) is 0. The molecule has 0 unspecified atom stereocenters. The van der Waals surface area contributed by atoms with E-state index >= 15 is 0 Å². The average Bonchev–Trinajstić information content (AvgIpc) is 2.57. The van der Waals surface area contributed by atoms with E-state index in [2.05, 4.69) is 0 Å². The molecule has 0 fully saturated rings. The molecule has 0 aromatic rings. The Morgan fingerprint density at radius 1 is 0.733 bits per heavy atom. The van der Waals surface area contributed by atoms with Gasteiger partial charge in [0.2, 0.25) is 0 Å². The molecule has 0 amide bonds. The first-order valence-electron chi connectivity index (χ1n) is 10.2. The Morgan fingerprint density at radius 2 is 1.10 bits per heavy atom. The average molecular weight is 434 g/mol. The lowest BCUT2D eigenvalue weighted by Crippen LogP contribution is -2.53. The van der Waals surface area contributed by atoms with E-state index in [-0.39, 0.29) is 70.8 Å². The van der Waals surface area contributed by atoms with E-state index in [9.17, 15) is 14.4 Å². The van der Waals surface area contributed by atoms with Crippen molar-refractivity contribution in [3.8, 4) is 0 Å². The van der Waals surface area contributed by atoms with E-state index in [0.29, 0.717) is 0 Å². The molecule has 30 heavy (non-hydrogen) atoms. The standard InChI is InChI=1S/C21H39NO8/c1-19(2,3)29-17(24)8-12-27-15-21(22,14-26-11-7-10-23)16-28-13-9-18(25)30-20(4,5)6/h10H,7-9,11-16,22H2,1-6H3. The summed E-state index contributed by atoms with van der Waals surface area (Å²) in [5.74, 6) is -0.720. The van der Waals surface area contributed by atoms with E-state index in [1.165, 1.54) is 0 Å². The Kier molecular flexibility index (Phi) is 13.0. The van der Waals surface area contributed by atoms with Crippen LogP contribution in [0, 0.1) is 0 Å². The summed E-state index contributed by atoms with van der Waals surface area (Å²) in [5.41, 5.74) is 4.22. The SMILES string of the molecule is CC(C)(C)OC(=O)CCOCC(N)(COCCC=O)COCCC(=O)OC(C)(C)C. The Bertz CT molecular complexity index is 486. The Labute approximate surface area is 179 Å². The van der Waals surface area contributed by atoms with Crippen LogP contribution in [0.1, 0.15) is 60.8 Å². The molecule has 0 rings (SSSR count). The number of nitrogens with two attached hydrogens (primary N) is 1. The topological polar surface area (TPSA) is 123 Å². The van der Waals surface area contributed by atoms with Crippen molar-refractivity contribution in [1.82, 2.24) is 0 Å². The van der Waals surface area contributed by atoms with Crippen LogP contribution in [0.4, 0.5) is 0 Å². The van der Waals surface area contributed by atoms with Gasteiger partial charge in [0.1, 0.15) is 17.5 Å². The number of esters is 2. The van der Waals surface area contributed by atoms with Gasteiger partial charge in [-0.3, -0.25) is 9.59 Å². The molecule has 0 aliphatic carbocycles. The van der Waals surface area contributed by atoms with Gasteiger partial charge in [0, 0.05) is 6.42 Å². The zero-order valence-electron chi connectivity index (χ0n) is 19.3. The van der Waals surface area contributed by atoms with Crippen molar-refractivity contribution in [3.63, 3.8) is 0 Å². The van der Waals surface area contributed by atoms with Crippen LogP contribution in [-0.4, -0.2) is 74.6 Å². The van der Waals surface area contributed by atoms with Crippen LogP contribution >= 0.6 is 0 Å². The smallest absolute Gasteiger partial charge is 0.308 e. The number of ether oxygens (including phenoxy) is 5. The third-order valence-corrected chi connectivity index (χ3v) is 3.29. The van der Waals surface area contributed by atoms with Gasteiger partial charge >= 0.3 is 11.9 Å². The second-order valence-corrected chi connectivity index (χ2v) is 9.15. The first kappa shape index (κ1) is 28.5. The van der Waals surface area contributed by atoms with Crippen molar-refractivity contribution in [2.24, 2.45) is 5.73 Å². The van der Waals surface area contributed by atoms with Crippen molar-refractivity contribution >= 4 is 18.2 Å². The van der Waals surface area contributed by atoms with Gasteiger partial charge in [-0.2, -0.15) is 0 Å². The fraction of sp³-hybridized carbons (Fsp3) is 0.857. The van der Waals surface area contributed by atoms with E-state index < -0.39 is 16.7 Å². The minimum atomic E-state index is -0.995. The maximum atomic E-state index is 11.7. The Morgan fingerprint density at radius 3 is 1.43 bits per heavy atom. The molecule has 0 saturated heterocycles. The van der Waals surface area contributed by atoms with Crippen molar-refractivity contribution in [1.29, 1.82) is 0 Å². The molecular formula is C21H39NO8. The zero-order valence-corrected chi connectivity index (χ0v) is 19.3. The summed E-state index contributed by atoms with van der Waals surface area (Å²) >= 11 is 0. The molecule has 0 aliphatic heterocycles. The highest BCUT2D eigenvalue weighted by Crippen LogP contribution is 2.11. The minimum absolute atomic E-state index is 0.0727. The maximum absolute atomic E-state index is 11.7. The van der Waals surface area contributed by atoms with Crippen LogP contribution in [0.25, 0.3) is 0 Å². The molecule has 0 radical (unpaired) electrons. The lowest BCUT2D eigenvalue weighted by molar-refractivity contribution is -0.157. The molecule has 0 bridgehead atoms. The summed E-state index contributed by atoms with van der Waals surface area (Å²) < 4.78 is 26.9. The van der Waals surface area contributed by atoms with Crippen molar-refractivity contribution in [2.45, 2.75) is 77.5 Å². The van der Waals surface area contributed by atoms with Gasteiger partial charge in [-0.1, -0.05) is 0 Å². The van der Waals surface area contributed by atoms with Crippen LogP contribution < -0.4 is 5.73 Å². The van der Waals surface area contributed by atoms with Gasteiger partial charge in [-0.05, 0) is 41.5 Å². The number of carbonyl (C=O) groups is 3. The number of aldehydes is 1. The van der Waals surface area contributed by atoms with Gasteiger partial charge in [0.15, 0.2) is 0 Å². The highest BCUT2D eigenvalue weighted by molar-refractivity contribution is 5.70. The van der Waals surface area contributed by atoms with E-state index in [1.54, 1.807) is 41.5 Å². The number of hydrogen-bond acceptors (Lipinski definition) is 9. The van der Waals surface area contributed by atoms with Gasteiger partial charge in [0.05, 0.1) is 58.0 Å². The number of rotatable bonds is 15. The predicted molar refractivity (Wildman–Crippen MR) is 111 cm³/mol. The molecule has 0 aromatic carbocycles. The fourth-order valence-electron chi connectivity index (χ4n) is 2.18. The van der Waals surface area contributed by atoms with Crippen LogP contribution in [0.15, 0.2) is 0 Å². The summed E-state index contributed by atoms with van der Waals surface area (Å²) in [4.78, 5) is 33.9. The van der Waals surface area contributed by atoms with Crippen molar-refractivity contribution in [3.05, 3.63) is 0 Å². The highest BCUT2D eigenvalue weighted by Gasteiger charge is 2.27. The highest BCUT2D eigenvalue weighted by atomic mass is 16.6. The minimum Gasteiger partial charge on any atom is -0.460 e. The molecule has 0 spiro atoms. The molecule has 0 atom stereocenters. The third kappa shape index (κ3) is 17.3. The van der Waals surface area contributed by atoms with Crippen molar-refractivity contribution < 1.29 is 38.1 Å². The van der Waals surface area contributed by atoms with E-state index in [1.807, 2.05) is 0 Å². The summed E-state index contributed by atoms with van der Waals surface area (Å²) in [6, 6.07) is 0. The van der Waals surface area contributed by atoms with Crippen LogP contribution in [0.3, 0.4) is 0 Å². The Balaban J connectivity index is 4.42. The molecular weight excluding hydrogens is 394 g/mol. The van der Waals surface area contributed by atoms with Gasteiger partial charge < -0.3 is 34.2 Å². The van der Waals surface area contributed by atoms with Crippen molar-refractivity contribution in [2.75, 3.05) is 39.6 Å². The summed E-state index contributed by atoms with van der Waals surface area (Å²) in [6.45, 7) is 11.5. The second kappa shape index (κ2) is 13.7. The van der Waals surface area contributed by atoms with Gasteiger partial charge in [0.25, 0.3) is 0 Å². The quantitative estimate of drug-likeness (QED) is 0.234. The largest absolute Gasteiger partial charge is 0.460 e. The predicted octanol–water partition coefficient (Wildman–Crippen LogP) is 1.79. The van der Waals surface area contributed by atoms with Crippen LogP contribution in [-0.2, 0) is 38.1 Å². The Hall–Kier alpha value is -1.55. The second-order valence-electron chi connectivity index (χ2n) is 9.15. The zero-order chi connectivity index (χ0) is 23.3. The lowest BCUT2D eigenvalue weighted by atomic mass is 10.1.